The summed E-state index contributed by atoms with van der Waals surface area (Å²) in [6, 6.07) is 26.9. The molecule has 2 bridgehead atoms. The lowest BCUT2D eigenvalue weighted by Gasteiger charge is -2.54. The first-order chi connectivity index (χ1) is 15.2. The van der Waals surface area contributed by atoms with Crippen LogP contribution < -0.4 is 0 Å². The third-order valence-corrected chi connectivity index (χ3v) is 8.99. The molecule has 1 nitrogen and oxygen atoms in total. The Labute approximate surface area is 192 Å². The minimum atomic E-state index is -0.520. The van der Waals surface area contributed by atoms with Crippen molar-refractivity contribution < 1.29 is 4.79 Å². The van der Waals surface area contributed by atoms with Crippen molar-refractivity contribution in [3.05, 3.63) is 106 Å². The first kappa shape index (κ1) is 21.2. The van der Waals surface area contributed by atoms with E-state index in [0.717, 1.165) is 12.8 Å². The molecule has 2 saturated carbocycles. The Balaban J connectivity index is 1.95. The van der Waals surface area contributed by atoms with Gasteiger partial charge in [0, 0.05) is 6.42 Å². The maximum atomic E-state index is 14.1. The fourth-order valence-corrected chi connectivity index (χ4v) is 7.21. The SMILES string of the molecule is Cc1ccc(C(c2ccc(C)cc2)(c2ccc(C)cc2)C23CCC(CC2=O)C3(C)C)cc1. The van der Waals surface area contributed by atoms with Gasteiger partial charge in [-0.2, -0.15) is 0 Å². The average molecular weight is 423 g/mol. The summed E-state index contributed by atoms with van der Waals surface area (Å²) in [5.74, 6) is 0.899. The van der Waals surface area contributed by atoms with Crippen LogP contribution in [0.2, 0.25) is 0 Å². The second-order valence-electron chi connectivity index (χ2n) is 10.8. The van der Waals surface area contributed by atoms with Crippen LogP contribution in [-0.2, 0) is 10.2 Å². The van der Waals surface area contributed by atoms with Crippen molar-refractivity contribution >= 4 is 5.78 Å². The van der Waals surface area contributed by atoms with Crippen molar-refractivity contribution in [3.63, 3.8) is 0 Å². The summed E-state index contributed by atoms with van der Waals surface area (Å²) in [5.41, 5.74) is 6.38. The minimum absolute atomic E-state index is 0.0786. The topological polar surface area (TPSA) is 17.1 Å². The van der Waals surface area contributed by atoms with Crippen LogP contribution in [0.15, 0.2) is 72.8 Å². The maximum Gasteiger partial charge on any atom is 0.141 e. The molecule has 2 fully saturated rings. The van der Waals surface area contributed by atoms with Gasteiger partial charge in [-0.25, -0.2) is 0 Å². The van der Waals surface area contributed by atoms with Crippen LogP contribution >= 0.6 is 0 Å². The molecule has 5 rings (SSSR count). The smallest absolute Gasteiger partial charge is 0.141 e. The van der Waals surface area contributed by atoms with Gasteiger partial charge in [0.25, 0.3) is 0 Å². The summed E-state index contributed by atoms with van der Waals surface area (Å²) in [6.45, 7) is 11.1. The van der Waals surface area contributed by atoms with Crippen molar-refractivity contribution in [3.8, 4) is 0 Å². The normalized spacial score (nSPS) is 24.2. The molecule has 3 aromatic carbocycles. The van der Waals surface area contributed by atoms with Gasteiger partial charge in [-0.05, 0) is 61.6 Å². The number of carbonyl (C=O) groups is 1. The molecule has 0 heterocycles. The summed E-state index contributed by atoms with van der Waals surface area (Å²) < 4.78 is 0. The summed E-state index contributed by atoms with van der Waals surface area (Å²) in [7, 11) is 0. The molecule has 2 aliphatic rings. The number of aryl methyl sites for hydroxylation is 3. The van der Waals surface area contributed by atoms with Gasteiger partial charge in [0.2, 0.25) is 0 Å². The lowest BCUT2D eigenvalue weighted by molar-refractivity contribution is -0.132. The molecule has 3 aromatic rings. The van der Waals surface area contributed by atoms with Crippen molar-refractivity contribution in [2.45, 2.75) is 59.3 Å². The Kier molecular flexibility index (Phi) is 4.75. The molecule has 2 unspecified atom stereocenters. The second kappa shape index (κ2) is 7.17. The van der Waals surface area contributed by atoms with Gasteiger partial charge in [0.1, 0.15) is 5.78 Å². The quantitative estimate of drug-likeness (QED) is 0.402. The second-order valence-corrected chi connectivity index (χ2v) is 10.8. The summed E-state index contributed by atoms with van der Waals surface area (Å²) >= 11 is 0. The third-order valence-electron chi connectivity index (χ3n) is 8.99. The molecule has 32 heavy (non-hydrogen) atoms. The third kappa shape index (κ3) is 2.60. The summed E-state index contributed by atoms with van der Waals surface area (Å²) in [5, 5.41) is 0. The Morgan fingerprint density at radius 1 is 0.688 bits per heavy atom. The van der Waals surface area contributed by atoms with Gasteiger partial charge < -0.3 is 0 Å². The Bertz CT molecular complexity index is 1040. The maximum absolute atomic E-state index is 14.1. The van der Waals surface area contributed by atoms with Crippen LogP contribution in [0.4, 0.5) is 0 Å². The molecule has 164 valence electrons. The van der Waals surface area contributed by atoms with Crippen LogP contribution in [0.25, 0.3) is 0 Å². The van der Waals surface area contributed by atoms with Gasteiger partial charge in [0.15, 0.2) is 0 Å². The highest BCUT2D eigenvalue weighted by Crippen LogP contribution is 2.73. The van der Waals surface area contributed by atoms with Crippen molar-refractivity contribution in [2.24, 2.45) is 16.7 Å². The predicted molar refractivity (Wildman–Crippen MR) is 132 cm³/mol. The number of hydrogen-bond donors (Lipinski definition) is 0. The number of benzene rings is 3. The molecule has 0 spiro atoms. The minimum Gasteiger partial charge on any atom is -0.299 e. The number of rotatable bonds is 4. The highest BCUT2D eigenvalue weighted by molar-refractivity contribution is 5.93. The molecule has 2 aliphatic carbocycles. The monoisotopic (exact) mass is 422 g/mol. The van der Waals surface area contributed by atoms with Gasteiger partial charge >= 0.3 is 0 Å². The fourth-order valence-electron chi connectivity index (χ4n) is 7.21. The summed E-state index contributed by atoms with van der Waals surface area (Å²) in [4.78, 5) is 14.1. The molecule has 2 atom stereocenters. The van der Waals surface area contributed by atoms with Crippen LogP contribution in [0, 0.1) is 37.5 Å². The van der Waals surface area contributed by atoms with Crippen molar-refractivity contribution in [1.29, 1.82) is 0 Å². The van der Waals surface area contributed by atoms with Crippen LogP contribution in [0.3, 0.4) is 0 Å². The molecule has 0 aromatic heterocycles. The number of ketones is 1. The number of Topliss-reactive ketones (excluding diaryl/α,β-unsaturated/α-hetero) is 1. The van der Waals surface area contributed by atoms with E-state index in [9.17, 15) is 4.79 Å². The Hall–Kier alpha value is -2.67. The zero-order chi connectivity index (χ0) is 22.7. The van der Waals surface area contributed by atoms with Gasteiger partial charge in [-0.3, -0.25) is 4.79 Å². The highest BCUT2D eigenvalue weighted by atomic mass is 16.1. The lowest BCUT2D eigenvalue weighted by Crippen LogP contribution is -2.55. The highest BCUT2D eigenvalue weighted by Gasteiger charge is 2.73. The fraction of sp³-hybridized carbons (Fsp3) is 0.387. The molecular weight excluding hydrogens is 388 g/mol. The lowest BCUT2D eigenvalue weighted by atomic mass is 9.47. The van der Waals surface area contributed by atoms with Crippen molar-refractivity contribution in [1.82, 2.24) is 0 Å². The Morgan fingerprint density at radius 2 is 1.06 bits per heavy atom. The van der Waals surface area contributed by atoms with Crippen molar-refractivity contribution in [2.75, 3.05) is 0 Å². The molecule has 0 saturated heterocycles. The Morgan fingerprint density at radius 3 is 1.34 bits per heavy atom. The van der Waals surface area contributed by atoms with E-state index < -0.39 is 10.8 Å². The van der Waals surface area contributed by atoms with E-state index in [1.807, 2.05) is 0 Å². The van der Waals surface area contributed by atoms with Gasteiger partial charge in [-0.1, -0.05) is 103 Å². The average Bonchev–Trinajstić information content (AvgIpc) is 3.14. The molecule has 0 amide bonds. The molecule has 0 radical (unpaired) electrons. The van der Waals surface area contributed by atoms with E-state index in [1.165, 1.54) is 33.4 Å². The largest absolute Gasteiger partial charge is 0.299 e. The first-order valence-corrected chi connectivity index (χ1v) is 12.0. The van der Waals surface area contributed by atoms with Gasteiger partial charge in [0.05, 0.1) is 10.8 Å². The molecular formula is C31H34O. The van der Waals surface area contributed by atoms with Crippen LogP contribution in [-0.4, -0.2) is 5.78 Å². The van der Waals surface area contributed by atoms with E-state index >= 15 is 0 Å². The molecule has 1 heteroatoms. The van der Waals surface area contributed by atoms with E-state index in [0.29, 0.717) is 18.1 Å². The number of hydrogen-bond acceptors (Lipinski definition) is 1. The van der Waals surface area contributed by atoms with E-state index in [4.69, 9.17) is 0 Å². The van der Waals surface area contributed by atoms with E-state index in [1.54, 1.807) is 0 Å². The molecule has 0 N–H and O–H groups in total. The van der Waals surface area contributed by atoms with E-state index in [-0.39, 0.29) is 5.41 Å². The standard InChI is InChI=1S/C31H34O/c1-21-6-12-24(13-7-21)31(25-14-8-22(2)9-15-25,26-16-10-23(3)11-17-26)30-19-18-27(20-28(30)32)29(30,4)5/h6-17,27H,18-20H2,1-5H3. The van der Waals surface area contributed by atoms with Crippen LogP contribution in [0.5, 0.6) is 0 Å². The van der Waals surface area contributed by atoms with E-state index in [2.05, 4.69) is 107 Å². The first-order valence-electron chi connectivity index (χ1n) is 12.0. The predicted octanol–water partition coefficient (Wildman–Crippen LogP) is 7.34. The van der Waals surface area contributed by atoms with Gasteiger partial charge in [-0.15, -0.1) is 0 Å². The molecule has 0 aliphatic heterocycles. The zero-order valence-corrected chi connectivity index (χ0v) is 20.0. The summed E-state index contributed by atoms with van der Waals surface area (Å²) in [6.07, 6.45) is 2.78. The zero-order valence-electron chi connectivity index (χ0n) is 20.0. The number of carbonyl (C=O) groups excluding carboxylic acids is 1. The van der Waals surface area contributed by atoms with Crippen LogP contribution in [0.1, 0.15) is 66.5 Å². The number of fused-ring (bicyclic) bond motifs is 2.